The summed E-state index contributed by atoms with van der Waals surface area (Å²) >= 11 is 6.35. The minimum Gasteiger partial charge on any atom is -0.342 e. The van der Waals surface area contributed by atoms with Gasteiger partial charge in [0.2, 0.25) is 5.91 Å². The summed E-state index contributed by atoms with van der Waals surface area (Å²) in [6.45, 7) is 5.25. The van der Waals surface area contributed by atoms with Gasteiger partial charge in [0, 0.05) is 35.4 Å². The second-order valence-electron chi connectivity index (χ2n) is 7.96. The number of nitrogens with zero attached hydrogens (tertiary/aromatic N) is 4. The van der Waals surface area contributed by atoms with E-state index in [1.165, 1.54) is 5.56 Å². The van der Waals surface area contributed by atoms with Gasteiger partial charge in [-0.25, -0.2) is 4.63 Å². The van der Waals surface area contributed by atoms with Gasteiger partial charge in [-0.3, -0.25) is 9.78 Å². The second kappa shape index (κ2) is 8.96. The summed E-state index contributed by atoms with van der Waals surface area (Å²) < 4.78 is 4.72. The van der Waals surface area contributed by atoms with Crippen molar-refractivity contribution in [3.05, 3.63) is 75.3 Å². The summed E-state index contributed by atoms with van der Waals surface area (Å²) in [5.74, 6) is 0.284. The van der Waals surface area contributed by atoms with Gasteiger partial charge in [0.05, 0.1) is 6.42 Å². The molecule has 1 aromatic carbocycles. The molecule has 3 aromatic rings. The summed E-state index contributed by atoms with van der Waals surface area (Å²) in [4.78, 5) is 19.5. The minimum absolute atomic E-state index is 0.0578. The molecule has 0 N–H and O–H groups in total. The van der Waals surface area contributed by atoms with E-state index in [1.54, 1.807) is 6.92 Å². The molecule has 1 aliphatic rings. The Morgan fingerprint density at radius 3 is 2.83 bits per heavy atom. The van der Waals surface area contributed by atoms with Crippen molar-refractivity contribution in [2.24, 2.45) is 0 Å². The average molecular weight is 425 g/mol. The smallest absolute Gasteiger partial charge is 0.228 e. The van der Waals surface area contributed by atoms with Crippen LogP contribution in [0.2, 0.25) is 5.02 Å². The van der Waals surface area contributed by atoms with Gasteiger partial charge in [0.1, 0.15) is 11.4 Å². The molecule has 7 heteroatoms. The maximum absolute atomic E-state index is 12.8. The van der Waals surface area contributed by atoms with E-state index >= 15 is 0 Å². The van der Waals surface area contributed by atoms with Crippen molar-refractivity contribution in [3.63, 3.8) is 0 Å². The van der Waals surface area contributed by atoms with E-state index in [0.717, 1.165) is 47.8 Å². The zero-order chi connectivity index (χ0) is 21.1. The lowest BCUT2D eigenvalue weighted by Gasteiger charge is -2.32. The summed E-state index contributed by atoms with van der Waals surface area (Å²) in [5, 5.41) is 8.38. The quantitative estimate of drug-likeness (QED) is 0.611. The van der Waals surface area contributed by atoms with Crippen LogP contribution in [0, 0.1) is 13.8 Å². The maximum atomic E-state index is 12.8. The number of aryl methyl sites for hydroxylation is 2. The Hall–Kier alpha value is -2.73. The molecule has 3 heterocycles. The number of benzene rings is 1. The van der Waals surface area contributed by atoms with Crippen LogP contribution in [0.5, 0.6) is 0 Å². The molecule has 0 spiro atoms. The Kier molecular flexibility index (Phi) is 6.13. The van der Waals surface area contributed by atoms with Crippen LogP contribution in [0.25, 0.3) is 0 Å². The molecule has 6 nitrogen and oxygen atoms in total. The molecule has 4 rings (SSSR count). The molecule has 1 aliphatic heterocycles. The third-order valence-corrected chi connectivity index (χ3v) is 6.01. The molecule has 0 saturated carbocycles. The van der Waals surface area contributed by atoms with Crippen molar-refractivity contribution in [1.29, 1.82) is 0 Å². The number of likely N-dealkylation sites (tertiary alicyclic amines) is 1. The van der Waals surface area contributed by atoms with Crippen molar-refractivity contribution in [3.8, 4) is 0 Å². The Bertz CT molecular complexity index is 1050. The van der Waals surface area contributed by atoms with Crippen molar-refractivity contribution in [2.45, 2.75) is 45.4 Å². The van der Waals surface area contributed by atoms with Gasteiger partial charge in [0.25, 0.3) is 0 Å². The molecule has 1 fully saturated rings. The van der Waals surface area contributed by atoms with Gasteiger partial charge in [-0.2, -0.15) is 0 Å². The molecule has 30 heavy (non-hydrogen) atoms. The Morgan fingerprint density at radius 1 is 1.23 bits per heavy atom. The average Bonchev–Trinajstić information content (AvgIpc) is 3.14. The summed E-state index contributed by atoms with van der Waals surface area (Å²) in [5.41, 5.74) is 5.61. The summed E-state index contributed by atoms with van der Waals surface area (Å²) in [6.07, 6.45) is 2.98. The van der Waals surface area contributed by atoms with Crippen LogP contribution < -0.4 is 0 Å². The number of hydrogen-bond donors (Lipinski definition) is 0. The van der Waals surface area contributed by atoms with Crippen LogP contribution >= 0.6 is 11.6 Å². The van der Waals surface area contributed by atoms with Gasteiger partial charge >= 0.3 is 0 Å². The highest BCUT2D eigenvalue weighted by Gasteiger charge is 2.27. The van der Waals surface area contributed by atoms with Gasteiger partial charge in [-0.1, -0.05) is 40.1 Å². The summed E-state index contributed by atoms with van der Waals surface area (Å²) in [7, 11) is 0. The number of carbonyl (C=O) groups excluding carboxylic acids is 1. The topological polar surface area (TPSA) is 72.1 Å². The fourth-order valence-electron chi connectivity index (χ4n) is 4.05. The van der Waals surface area contributed by atoms with Crippen LogP contribution in [0.4, 0.5) is 0 Å². The maximum Gasteiger partial charge on any atom is 0.228 e. The molecule has 2 aromatic heterocycles. The molecule has 0 aliphatic carbocycles. The van der Waals surface area contributed by atoms with Gasteiger partial charge in [-0.05, 0) is 62.4 Å². The predicted molar refractivity (Wildman–Crippen MR) is 115 cm³/mol. The first-order valence-corrected chi connectivity index (χ1v) is 10.6. The van der Waals surface area contributed by atoms with Gasteiger partial charge < -0.3 is 4.90 Å². The zero-order valence-corrected chi connectivity index (χ0v) is 18.0. The Balaban J connectivity index is 1.49. The standard InChI is InChI=1S/C23H25ClN4O2/c1-15-10-17(11-18-6-3-4-8-20(18)24)12-22(25-15)19-7-5-9-28(14-19)23(29)13-21-16(2)26-30-27-21/h3-4,6,8,10,12,19H,5,7,9,11,13-14H2,1-2H3. The minimum atomic E-state index is 0.0578. The molecular weight excluding hydrogens is 400 g/mol. The Labute approximate surface area is 181 Å². The number of amides is 1. The van der Waals surface area contributed by atoms with Gasteiger partial charge in [0.15, 0.2) is 0 Å². The van der Waals surface area contributed by atoms with E-state index in [4.69, 9.17) is 21.2 Å². The fourth-order valence-corrected chi connectivity index (χ4v) is 4.25. The van der Waals surface area contributed by atoms with E-state index < -0.39 is 0 Å². The zero-order valence-electron chi connectivity index (χ0n) is 17.3. The highest BCUT2D eigenvalue weighted by molar-refractivity contribution is 6.31. The van der Waals surface area contributed by atoms with E-state index in [2.05, 4.69) is 28.5 Å². The molecule has 0 radical (unpaired) electrons. The monoisotopic (exact) mass is 424 g/mol. The largest absolute Gasteiger partial charge is 0.342 e. The number of piperidine rings is 1. The van der Waals surface area contributed by atoms with E-state index in [1.807, 2.05) is 30.0 Å². The van der Waals surface area contributed by atoms with E-state index in [0.29, 0.717) is 17.9 Å². The van der Waals surface area contributed by atoms with Gasteiger partial charge in [-0.15, -0.1) is 0 Å². The normalized spacial score (nSPS) is 16.6. The number of hydrogen-bond acceptors (Lipinski definition) is 5. The van der Waals surface area contributed by atoms with Crippen molar-refractivity contribution < 1.29 is 9.42 Å². The lowest BCUT2D eigenvalue weighted by atomic mass is 9.92. The highest BCUT2D eigenvalue weighted by atomic mass is 35.5. The number of carbonyl (C=O) groups is 1. The van der Waals surface area contributed by atoms with E-state index in [9.17, 15) is 4.79 Å². The first-order valence-electron chi connectivity index (χ1n) is 10.3. The molecule has 156 valence electrons. The number of pyridine rings is 1. The molecule has 1 unspecified atom stereocenters. The first-order chi connectivity index (χ1) is 14.5. The number of rotatable bonds is 5. The number of aromatic nitrogens is 3. The Morgan fingerprint density at radius 2 is 2.07 bits per heavy atom. The second-order valence-corrected chi connectivity index (χ2v) is 8.37. The predicted octanol–water partition coefficient (Wildman–Crippen LogP) is 4.27. The first kappa shape index (κ1) is 20.5. The van der Waals surface area contributed by atoms with Crippen LogP contribution in [0.3, 0.4) is 0 Å². The molecular formula is C23H25ClN4O2. The van der Waals surface area contributed by atoms with Crippen molar-refractivity contribution in [1.82, 2.24) is 20.2 Å². The van der Waals surface area contributed by atoms with Crippen LogP contribution in [-0.2, 0) is 17.6 Å². The lowest BCUT2D eigenvalue weighted by molar-refractivity contribution is -0.131. The number of halogens is 1. The van der Waals surface area contributed by atoms with Crippen LogP contribution in [0.1, 0.15) is 52.7 Å². The van der Waals surface area contributed by atoms with Crippen LogP contribution in [0.15, 0.2) is 41.0 Å². The van der Waals surface area contributed by atoms with Crippen LogP contribution in [-0.4, -0.2) is 39.2 Å². The third-order valence-electron chi connectivity index (χ3n) is 5.64. The van der Waals surface area contributed by atoms with Crippen molar-refractivity contribution >= 4 is 17.5 Å². The third kappa shape index (κ3) is 4.70. The molecule has 1 amide bonds. The molecule has 1 saturated heterocycles. The highest BCUT2D eigenvalue weighted by Crippen LogP contribution is 2.28. The fraction of sp³-hybridized carbons (Fsp3) is 0.391. The molecule has 1 atom stereocenters. The molecule has 0 bridgehead atoms. The SMILES string of the molecule is Cc1cc(Cc2ccccc2Cl)cc(C2CCCN(C(=O)Cc3nonc3C)C2)n1. The van der Waals surface area contributed by atoms with E-state index in [-0.39, 0.29) is 18.2 Å². The summed E-state index contributed by atoms with van der Waals surface area (Å²) in [6, 6.07) is 12.2. The van der Waals surface area contributed by atoms with Crippen molar-refractivity contribution in [2.75, 3.05) is 13.1 Å². The lowest BCUT2D eigenvalue weighted by Crippen LogP contribution is -2.40.